The number of hydrogen-bond acceptors (Lipinski definition) is 4. The van der Waals surface area contributed by atoms with E-state index in [0.717, 1.165) is 38.0 Å². The third-order valence-electron chi connectivity index (χ3n) is 4.20. The normalized spacial score (nSPS) is 18.7. The quantitative estimate of drug-likeness (QED) is 0.676. The molecule has 110 valence electrons. The Morgan fingerprint density at radius 1 is 1.35 bits per heavy atom. The average Bonchev–Trinajstić information content (AvgIpc) is 2.49. The summed E-state index contributed by atoms with van der Waals surface area (Å²) in [6, 6.07) is 8.56. The molecule has 0 amide bonds. The Hall–Kier alpha value is -1.55. The van der Waals surface area contributed by atoms with Crippen molar-refractivity contribution in [1.82, 2.24) is 4.90 Å². The SMILES string of the molecule is COC(=O)C1CCN(C(C)Cc2ccc(N)cc2)CC1. The van der Waals surface area contributed by atoms with E-state index in [1.807, 2.05) is 12.1 Å². The van der Waals surface area contributed by atoms with E-state index in [2.05, 4.69) is 24.0 Å². The van der Waals surface area contributed by atoms with Gasteiger partial charge in [0.1, 0.15) is 0 Å². The first kappa shape index (κ1) is 14.9. The van der Waals surface area contributed by atoms with Crippen LogP contribution >= 0.6 is 0 Å². The Morgan fingerprint density at radius 2 is 1.95 bits per heavy atom. The van der Waals surface area contributed by atoms with Gasteiger partial charge in [-0.1, -0.05) is 12.1 Å². The van der Waals surface area contributed by atoms with Gasteiger partial charge >= 0.3 is 5.97 Å². The molecular formula is C16H24N2O2. The summed E-state index contributed by atoms with van der Waals surface area (Å²) in [6.07, 6.45) is 2.82. The van der Waals surface area contributed by atoms with Gasteiger partial charge in [-0.05, 0) is 57.0 Å². The third-order valence-corrected chi connectivity index (χ3v) is 4.20. The van der Waals surface area contributed by atoms with Crippen molar-refractivity contribution in [1.29, 1.82) is 0 Å². The zero-order valence-corrected chi connectivity index (χ0v) is 12.3. The van der Waals surface area contributed by atoms with Gasteiger partial charge in [-0.2, -0.15) is 0 Å². The monoisotopic (exact) mass is 276 g/mol. The summed E-state index contributed by atoms with van der Waals surface area (Å²) < 4.78 is 4.82. The molecule has 0 aromatic heterocycles. The second-order valence-corrected chi connectivity index (χ2v) is 5.63. The number of piperidine rings is 1. The first-order valence-electron chi connectivity index (χ1n) is 7.26. The van der Waals surface area contributed by atoms with E-state index in [-0.39, 0.29) is 11.9 Å². The van der Waals surface area contributed by atoms with Crippen LogP contribution in [0.25, 0.3) is 0 Å². The van der Waals surface area contributed by atoms with Gasteiger partial charge in [0.25, 0.3) is 0 Å². The zero-order valence-electron chi connectivity index (χ0n) is 12.3. The van der Waals surface area contributed by atoms with Crippen LogP contribution in [-0.4, -0.2) is 37.1 Å². The number of nitrogens with two attached hydrogens (primary N) is 1. The highest BCUT2D eigenvalue weighted by molar-refractivity contribution is 5.72. The van der Waals surface area contributed by atoms with Gasteiger partial charge in [-0.15, -0.1) is 0 Å². The van der Waals surface area contributed by atoms with Gasteiger partial charge in [0, 0.05) is 11.7 Å². The Labute approximate surface area is 120 Å². The van der Waals surface area contributed by atoms with Crippen molar-refractivity contribution in [3.63, 3.8) is 0 Å². The number of ether oxygens (including phenoxy) is 1. The number of nitrogen functional groups attached to an aromatic ring is 1. The van der Waals surface area contributed by atoms with Crippen molar-refractivity contribution in [3.8, 4) is 0 Å². The minimum absolute atomic E-state index is 0.0594. The second-order valence-electron chi connectivity index (χ2n) is 5.63. The lowest BCUT2D eigenvalue weighted by molar-refractivity contribution is -0.147. The van der Waals surface area contributed by atoms with Crippen molar-refractivity contribution in [2.24, 2.45) is 5.92 Å². The summed E-state index contributed by atoms with van der Waals surface area (Å²) in [4.78, 5) is 14.0. The van der Waals surface area contributed by atoms with Crippen molar-refractivity contribution >= 4 is 11.7 Å². The molecule has 1 aromatic carbocycles. The summed E-state index contributed by atoms with van der Waals surface area (Å²) >= 11 is 0. The van der Waals surface area contributed by atoms with Gasteiger partial charge in [0.05, 0.1) is 13.0 Å². The van der Waals surface area contributed by atoms with Gasteiger partial charge in [0.15, 0.2) is 0 Å². The lowest BCUT2D eigenvalue weighted by Crippen LogP contribution is -2.42. The predicted octanol–water partition coefficient (Wildman–Crippen LogP) is 2.08. The number of benzene rings is 1. The first-order chi connectivity index (χ1) is 9.60. The van der Waals surface area contributed by atoms with Crippen molar-refractivity contribution < 1.29 is 9.53 Å². The number of carbonyl (C=O) groups is 1. The lowest BCUT2D eigenvalue weighted by atomic mass is 9.95. The molecule has 2 N–H and O–H groups in total. The third kappa shape index (κ3) is 3.73. The van der Waals surface area contributed by atoms with Crippen LogP contribution in [0.3, 0.4) is 0 Å². The molecule has 1 heterocycles. The molecule has 1 atom stereocenters. The highest BCUT2D eigenvalue weighted by Gasteiger charge is 2.27. The fourth-order valence-corrected chi connectivity index (χ4v) is 2.87. The summed E-state index contributed by atoms with van der Waals surface area (Å²) in [7, 11) is 1.47. The second kappa shape index (κ2) is 6.75. The van der Waals surface area contributed by atoms with Crippen LogP contribution in [0, 0.1) is 5.92 Å². The topological polar surface area (TPSA) is 55.6 Å². The Balaban J connectivity index is 1.84. The van der Waals surface area contributed by atoms with E-state index in [1.54, 1.807) is 0 Å². The van der Waals surface area contributed by atoms with Crippen molar-refractivity contribution in [3.05, 3.63) is 29.8 Å². The molecular weight excluding hydrogens is 252 g/mol. The summed E-state index contributed by atoms with van der Waals surface area (Å²) in [5.41, 5.74) is 7.82. The molecule has 1 aromatic rings. The molecule has 1 fully saturated rings. The van der Waals surface area contributed by atoms with Crippen molar-refractivity contribution in [2.75, 3.05) is 25.9 Å². The van der Waals surface area contributed by atoms with Crippen LogP contribution in [0.5, 0.6) is 0 Å². The minimum Gasteiger partial charge on any atom is -0.469 e. The van der Waals surface area contributed by atoms with E-state index < -0.39 is 0 Å². The van der Waals surface area contributed by atoms with Crippen LogP contribution < -0.4 is 5.73 Å². The Kier molecular flexibility index (Phi) is 5.01. The number of esters is 1. The van der Waals surface area contributed by atoms with E-state index in [1.165, 1.54) is 12.7 Å². The van der Waals surface area contributed by atoms with Gasteiger partial charge in [0.2, 0.25) is 0 Å². The summed E-state index contributed by atoms with van der Waals surface area (Å²) in [6.45, 7) is 4.18. The highest BCUT2D eigenvalue weighted by Crippen LogP contribution is 2.21. The van der Waals surface area contributed by atoms with Gasteiger partial charge in [-0.3, -0.25) is 4.79 Å². The number of rotatable bonds is 4. The largest absolute Gasteiger partial charge is 0.469 e. The molecule has 0 saturated carbocycles. The Bertz CT molecular complexity index is 436. The molecule has 0 bridgehead atoms. The van der Waals surface area contributed by atoms with Crippen LogP contribution in [0.1, 0.15) is 25.3 Å². The molecule has 0 aliphatic carbocycles. The molecule has 1 unspecified atom stereocenters. The molecule has 0 radical (unpaired) electrons. The molecule has 4 heteroatoms. The van der Waals surface area contributed by atoms with Crippen LogP contribution in [0.2, 0.25) is 0 Å². The maximum Gasteiger partial charge on any atom is 0.308 e. The number of carbonyl (C=O) groups excluding carboxylic acids is 1. The number of hydrogen-bond donors (Lipinski definition) is 1. The fourth-order valence-electron chi connectivity index (χ4n) is 2.87. The lowest BCUT2D eigenvalue weighted by Gasteiger charge is -2.35. The average molecular weight is 276 g/mol. The maximum atomic E-state index is 11.5. The molecule has 2 rings (SSSR count). The molecule has 0 spiro atoms. The molecule has 20 heavy (non-hydrogen) atoms. The highest BCUT2D eigenvalue weighted by atomic mass is 16.5. The first-order valence-corrected chi connectivity index (χ1v) is 7.26. The van der Waals surface area contributed by atoms with E-state index >= 15 is 0 Å². The van der Waals surface area contributed by atoms with E-state index in [9.17, 15) is 4.79 Å². The molecule has 1 aliphatic rings. The van der Waals surface area contributed by atoms with Crippen LogP contribution in [-0.2, 0) is 16.0 Å². The number of likely N-dealkylation sites (tertiary alicyclic amines) is 1. The van der Waals surface area contributed by atoms with Crippen molar-refractivity contribution in [2.45, 2.75) is 32.2 Å². The number of anilines is 1. The fraction of sp³-hybridized carbons (Fsp3) is 0.562. The number of methoxy groups -OCH3 is 1. The number of nitrogens with zero attached hydrogens (tertiary/aromatic N) is 1. The summed E-state index contributed by atoms with van der Waals surface area (Å²) in [5.74, 6) is 0.0239. The summed E-state index contributed by atoms with van der Waals surface area (Å²) in [5, 5.41) is 0. The molecule has 1 saturated heterocycles. The predicted molar refractivity (Wildman–Crippen MR) is 80.3 cm³/mol. The van der Waals surface area contributed by atoms with Gasteiger partial charge in [-0.25, -0.2) is 0 Å². The smallest absolute Gasteiger partial charge is 0.308 e. The van der Waals surface area contributed by atoms with E-state index in [4.69, 9.17) is 10.5 Å². The Morgan fingerprint density at radius 3 is 2.50 bits per heavy atom. The standard InChI is InChI=1S/C16H24N2O2/c1-12(11-13-3-5-15(17)6-4-13)18-9-7-14(8-10-18)16(19)20-2/h3-6,12,14H,7-11,17H2,1-2H3. The minimum atomic E-state index is -0.0594. The van der Waals surface area contributed by atoms with Gasteiger partial charge < -0.3 is 15.4 Å². The maximum absolute atomic E-state index is 11.5. The molecule has 1 aliphatic heterocycles. The van der Waals surface area contributed by atoms with Crippen LogP contribution in [0.15, 0.2) is 24.3 Å². The molecule has 4 nitrogen and oxygen atoms in total. The van der Waals surface area contributed by atoms with Crippen LogP contribution in [0.4, 0.5) is 5.69 Å². The van der Waals surface area contributed by atoms with E-state index in [0.29, 0.717) is 6.04 Å². The zero-order chi connectivity index (χ0) is 14.5.